The van der Waals surface area contributed by atoms with Gasteiger partial charge in [0.2, 0.25) is 17.7 Å². The highest BCUT2D eigenvalue weighted by atomic mass is 16.5. The van der Waals surface area contributed by atoms with Gasteiger partial charge in [-0.3, -0.25) is 14.4 Å². The molecule has 3 heterocycles. The van der Waals surface area contributed by atoms with Crippen LogP contribution in [0.25, 0.3) is 0 Å². The lowest BCUT2D eigenvalue weighted by atomic mass is 9.73. The molecule has 3 amide bonds. The number of nitrogens with zero attached hydrogens (tertiary/aromatic N) is 1. The molecular weight excluding hydrogens is 502 g/mol. The lowest BCUT2D eigenvalue weighted by Gasteiger charge is -2.38. The van der Waals surface area contributed by atoms with Gasteiger partial charge in [0.1, 0.15) is 11.6 Å². The van der Waals surface area contributed by atoms with Crippen LogP contribution in [0.4, 0.5) is 5.69 Å². The fourth-order valence-electron chi connectivity index (χ4n) is 7.90. The summed E-state index contributed by atoms with van der Waals surface area (Å²) in [6.07, 6.45) is 14.0. The molecule has 6 rings (SSSR count). The smallest absolute Gasteiger partial charge is 0.246 e. The van der Waals surface area contributed by atoms with Crippen LogP contribution in [-0.4, -0.2) is 53.0 Å². The maximum atomic E-state index is 14.2. The van der Waals surface area contributed by atoms with Crippen molar-refractivity contribution in [3.63, 3.8) is 0 Å². The fraction of sp³-hybridized carbons (Fsp3) is 0.606. The van der Waals surface area contributed by atoms with Crippen molar-refractivity contribution in [3.05, 3.63) is 53.6 Å². The predicted octanol–water partition coefficient (Wildman–Crippen LogP) is 4.92. The fourth-order valence-corrected chi connectivity index (χ4v) is 7.90. The summed E-state index contributed by atoms with van der Waals surface area (Å²) >= 11 is 0. The molecule has 1 saturated carbocycles. The van der Waals surface area contributed by atoms with Crippen LogP contribution in [0.15, 0.2) is 48.1 Å². The third-order valence-electron chi connectivity index (χ3n) is 10.3. The third-order valence-corrected chi connectivity index (χ3v) is 10.3. The molecule has 2 N–H and O–H groups in total. The first-order valence-electron chi connectivity index (χ1n) is 15.3. The van der Waals surface area contributed by atoms with Gasteiger partial charge in [-0.15, -0.1) is 0 Å². The third kappa shape index (κ3) is 4.70. The van der Waals surface area contributed by atoms with Crippen LogP contribution in [-0.2, 0) is 19.1 Å². The van der Waals surface area contributed by atoms with E-state index in [4.69, 9.17) is 4.74 Å². The molecule has 8 atom stereocenters. The summed E-state index contributed by atoms with van der Waals surface area (Å²) in [6, 6.07) is 6.95. The first-order chi connectivity index (χ1) is 19.3. The van der Waals surface area contributed by atoms with Gasteiger partial charge in [-0.2, -0.15) is 0 Å². The van der Waals surface area contributed by atoms with E-state index < -0.39 is 29.6 Å². The van der Waals surface area contributed by atoms with Crippen molar-refractivity contribution in [2.45, 2.75) is 95.9 Å². The molecule has 1 spiro atoms. The minimum absolute atomic E-state index is 0.0766. The topological polar surface area (TPSA) is 87.7 Å². The number of allylic oxidation sites excluding steroid dienone is 1. The van der Waals surface area contributed by atoms with Crippen molar-refractivity contribution in [1.82, 2.24) is 10.2 Å². The van der Waals surface area contributed by atoms with Gasteiger partial charge in [0.25, 0.3) is 0 Å². The number of likely N-dealkylation sites (tertiary alicyclic amines) is 1. The van der Waals surface area contributed by atoms with Gasteiger partial charge in [-0.25, -0.2) is 0 Å². The van der Waals surface area contributed by atoms with E-state index in [1.807, 2.05) is 43.3 Å². The summed E-state index contributed by atoms with van der Waals surface area (Å²) < 4.78 is 6.53. The average Bonchev–Trinajstić information content (AvgIpc) is 3.58. The zero-order chi connectivity index (χ0) is 28.0. The summed E-state index contributed by atoms with van der Waals surface area (Å²) in [5, 5.41) is 6.37. The molecule has 40 heavy (non-hydrogen) atoms. The second-order valence-electron chi connectivity index (χ2n) is 12.8. The SMILES string of the molecule is Cc1cccc(NC(=O)[C@@H]2[C@@H]3C=C[C@]4(O3)[C@@H]2C(=O)N(CCC2=CCCCC2)[C@H]4C(=O)N[C@@H]2CCC[C@@H](C)[C@H]2C)c1. The number of anilines is 1. The molecule has 3 aliphatic heterocycles. The van der Waals surface area contributed by atoms with E-state index in [-0.39, 0.29) is 23.8 Å². The van der Waals surface area contributed by atoms with Crippen molar-refractivity contribution in [2.24, 2.45) is 23.7 Å². The van der Waals surface area contributed by atoms with Crippen LogP contribution in [0.3, 0.4) is 0 Å². The van der Waals surface area contributed by atoms with Crippen LogP contribution in [0.1, 0.15) is 70.8 Å². The lowest BCUT2D eigenvalue weighted by Crippen LogP contribution is -2.58. The molecular formula is C33H43N3O4. The van der Waals surface area contributed by atoms with E-state index in [0.717, 1.165) is 37.7 Å². The number of nitrogens with one attached hydrogen (secondary N) is 2. The van der Waals surface area contributed by atoms with Gasteiger partial charge in [0, 0.05) is 18.3 Å². The molecule has 2 bridgehead atoms. The molecule has 1 aromatic carbocycles. The highest BCUT2D eigenvalue weighted by Crippen LogP contribution is 2.55. The van der Waals surface area contributed by atoms with Crippen LogP contribution in [0.2, 0.25) is 0 Å². The van der Waals surface area contributed by atoms with Gasteiger partial charge in [0.15, 0.2) is 0 Å². The molecule has 2 aliphatic carbocycles. The van der Waals surface area contributed by atoms with E-state index in [1.54, 1.807) is 4.90 Å². The summed E-state index contributed by atoms with van der Waals surface area (Å²) in [4.78, 5) is 43.8. The predicted molar refractivity (Wildman–Crippen MR) is 154 cm³/mol. The van der Waals surface area contributed by atoms with Crippen molar-refractivity contribution >= 4 is 23.4 Å². The molecule has 0 radical (unpaired) electrons. The molecule has 1 aromatic rings. The molecule has 7 heteroatoms. The van der Waals surface area contributed by atoms with E-state index in [9.17, 15) is 14.4 Å². The van der Waals surface area contributed by atoms with Gasteiger partial charge in [0.05, 0.1) is 17.9 Å². The minimum Gasteiger partial charge on any atom is -0.359 e. The summed E-state index contributed by atoms with van der Waals surface area (Å²) in [6.45, 7) is 6.91. The Labute approximate surface area is 237 Å². The Morgan fingerprint density at radius 1 is 1.12 bits per heavy atom. The number of ether oxygens (including phenoxy) is 1. The Morgan fingerprint density at radius 3 is 2.75 bits per heavy atom. The maximum absolute atomic E-state index is 14.2. The Balaban J connectivity index is 1.29. The summed E-state index contributed by atoms with van der Waals surface area (Å²) in [5.41, 5.74) is 1.98. The lowest BCUT2D eigenvalue weighted by molar-refractivity contribution is -0.141. The molecule has 214 valence electrons. The standard InChI is InChI=1S/C33H43N3O4/c1-20-9-7-13-24(19-20)34-30(37)27-26-15-17-33(40-26)28(27)32(39)36(18-16-23-11-5-4-6-12-23)29(33)31(38)35-25-14-8-10-21(2)22(25)3/h7,9,11,13,15,17,19,21-22,25-29H,4-6,8,10,12,14,16,18H2,1-3H3,(H,34,37)(H,35,38)/t21-,22-,25-,26+,27-,28+,29+,33+/m1/s1. The zero-order valence-electron chi connectivity index (χ0n) is 24.0. The van der Waals surface area contributed by atoms with Crippen LogP contribution in [0, 0.1) is 30.6 Å². The first kappa shape index (κ1) is 27.3. The first-order valence-corrected chi connectivity index (χ1v) is 15.3. The number of aryl methyl sites for hydroxylation is 1. The van der Waals surface area contributed by atoms with E-state index in [2.05, 4.69) is 30.6 Å². The van der Waals surface area contributed by atoms with E-state index in [0.29, 0.717) is 24.1 Å². The number of carbonyl (C=O) groups excluding carboxylic acids is 3. The van der Waals surface area contributed by atoms with Gasteiger partial charge >= 0.3 is 0 Å². The van der Waals surface area contributed by atoms with Crippen LogP contribution in [0.5, 0.6) is 0 Å². The number of fused-ring (bicyclic) bond motifs is 1. The van der Waals surface area contributed by atoms with Gasteiger partial charge in [-0.1, -0.05) is 62.6 Å². The van der Waals surface area contributed by atoms with Crippen molar-refractivity contribution in [1.29, 1.82) is 0 Å². The Kier molecular flexibility index (Phi) is 7.36. The molecule has 5 aliphatic rings. The number of amides is 3. The maximum Gasteiger partial charge on any atom is 0.246 e. The molecule has 7 nitrogen and oxygen atoms in total. The number of carbonyl (C=O) groups is 3. The highest BCUT2D eigenvalue weighted by Gasteiger charge is 2.72. The van der Waals surface area contributed by atoms with E-state index >= 15 is 0 Å². The molecule has 0 aromatic heterocycles. The van der Waals surface area contributed by atoms with Crippen molar-refractivity contribution in [2.75, 3.05) is 11.9 Å². The van der Waals surface area contributed by atoms with Gasteiger partial charge < -0.3 is 20.3 Å². The minimum atomic E-state index is -1.12. The van der Waals surface area contributed by atoms with Gasteiger partial charge in [-0.05, 0) is 75.0 Å². The van der Waals surface area contributed by atoms with E-state index in [1.165, 1.54) is 24.8 Å². The molecule has 2 saturated heterocycles. The average molecular weight is 546 g/mol. The largest absolute Gasteiger partial charge is 0.359 e. The second-order valence-corrected chi connectivity index (χ2v) is 12.8. The number of hydrogen-bond acceptors (Lipinski definition) is 4. The Bertz CT molecular complexity index is 1240. The number of rotatable bonds is 7. The molecule has 3 fully saturated rings. The van der Waals surface area contributed by atoms with Crippen LogP contribution >= 0.6 is 0 Å². The number of benzene rings is 1. The normalized spacial score (nSPS) is 36.4. The van der Waals surface area contributed by atoms with Crippen molar-refractivity contribution in [3.8, 4) is 0 Å². The summed E-state index contributed by atoms with van der Waals surface area (Å²) in [7, 11) is 0. The second kappa shape index (κ2) is 10.8. The summed E-state index contributed by atoms with van der Waals surface area (Å²) in [5.74, 6) is -1.01. The Morgan fingerprint density at radius 2 is 1.98 bits per heavy atom. The molecule has 0 unspecified atom stereocenters. The number of hydrogen-bond donors (Lipinski definition) is 2. The zero-order valence-corrected chi connectivity index (χ0v) is 24.0. The monoisotopic (exact) mass is 545 g/mol. The highest BCUT2D eigenvalue weighted by molar-refractivity contribution is 6.02. The quantitative estimate of drug-likeness (QED) is 0.477. The Hall–Kier alpha value is -2.93. The van der Waals surface area contributed by atoms with Crippen LogP contribution < -0.4 is 10.6 Å². The van der Waals surface area contributed by atoms with Crippen molar-refractivity contribution < 1.29 is 19.1 Å².